The van der Waals surface area contributed by atoms with E-state index in [-0.39, 0.29) is 12.5 Å². The largest absolute Gasteiger partial charge is 0.484 e. The van der Waals surface area contributed by atoms with Gasteiger partial charge in [0.05, 0.1) is 19.8 Å². The maximum Gasteiger partial charge on any atom is 0.257 e. The van der Waals surface area contributed by atoms with Gasteiger partial charge in [0.1, 0.15) is 18.8 Å². The van der Waals surface area contributed by atoms with E-state index < -0.39 is 0 Å². The number of hydrogen-bond donors (Lipinski definition) is 2. The first-order chi connectivity index (χ1) is 11.1. The van der Waals surface area contributed by atoms with Gasteiger partial charge in [0.2, 0.25) is 0 Å². The van der Waals surface area contributed by atoms with Gasteiger partial charge in [-0.3, -0.25) is 4.79 Å². The molecule has 0 radical (unpaired) electrons. The molecule has 23 heavy (non-hydrogen) atoms. The summed E-state index contributed by atoms with van der Waals surface area (Å²) in [4.78, 5) is 13.4. The smallest absolute Gasteiger partial charge is 0.257 e. The highest BCUT2D eigenvalue weighted by Crippen LogP contribution is 2.26. The van der Waals surface area contributed by atoms with Gasteiger partial charge in [-0.25, -0.2) is 0 Å². The highest BCUT2D eigenvalue weighted by atomic mass is 79.9. The molecule has 1 aliphatic rings. The Hall–Kier alpha value is -1.11. The number of amides is 1. The van der Waals surface area contributed by atoms with Gasteiger partial charge >= 0.3 is 0 Å². The standard InChI is InChI=1S/C17H25BrN2O3/c1-13-10-15(11-14(2)17(13)18)23-12-16(21)19-4-3-5-20-6-8-22-9-7-20/h10-11H,3-9,12H2,1-2H3,(H,19,21)/p+1. The molecule has 2 rings (SSSR count). The van der Waals surface area contributed by atoms with Crippen molar-refractivity contribution in [2.45, 2.75) is 20.3 Å². The zero-order chi connectivity index (χ0) is 16.7. The summed E-state index contributed by atoms with van der Waals surface area (Å²) < 4.78 is 12.0. The molecule has 0 spiro atoms. The Balaban J connectivity index is 1.63. The molecule has 0 atom stereocenters. The van der Waals surface area contributed by atoms with Gasteiger partial charge in [-0.1, -0.05) is 15.9 Å². The predicted octanol–water partition coefficient (Wildman–Crippen LogP) is 0.866. The number of carbonyl (C=O) groups excluding carboxylic acids is 1. The van der Waals surface area contributed by atoms with Crippen LogP contribution >= 0.6 is 15.9 Å². The van der Waals surface area contributed by atoms with E-state index in [1.165, 1.54) is 0 Å². The van der Waals surface area contributed by atoms with Gasteiger partial charge in [-0.05, 0) is 37.1 Å². The van der Waals surface area contributed by atoms with Crippen LogP contribution in [0.3, 0.4) is 0 Å². The van der Waals surface area contributed by atoms with Crippen LogP contribution in [0.2, 0.25) is 0 Å². The van der Waals surface area contributed by atoms with E-state index in [0.717, 1.165) is 60.6 Å². The van der Waals surface area contributed by atoms with Crippen molar-refractivity contribution in [3.8, 4) is 5.75 Å². The van der Waals surface area contributed by atoms with Crippen LogP contribution in [0, 0.1) is 13.8 Å². The monoisotopic (exact) mass is 385 g/mol. The molecule has 1 aromatic carbocycles. The summed E-state index contributed by atoms with van der Waals surface area (Å²) >= 11 is 3.52. The second kappa shape index (κ2) is 9.25. The van der Waals surface area contributed by atoms with Crippen LogP contribution in [-0.4, -0.2) is 51.9 Å². The van der Waals surface area contributed by atoms with Crippen molar-refractivity contribution < 1.29 is 19.2 Å². The topological polar surface area (TPSA) is 52.0 Å². The minimum Gasteiger partial charge on any atom is -0.484 e. The lowest BCUT2D eigenvalue weighted by atomic mass is 10.1. The lowest BCUT2D eigenvalue weighted by Crippen LogP contribution is -3.14. The van der Waals surface area contributed by atoms with E-state index in [9.17, 15) is 4.79 Å². The van der Waals surface area contributed by atoms with Crippen molar-refractivity contribution in [2.75, 3.05) is 46.0 Å². The molecule has 1 fully saturated rings. The van der Waals surface area contributed by atoms with Crippen molar-refractivity contribution in [1.82, 2.24) is 5.32 Å². The van der Waals surface area contributed by atoms with Crippen molar-refractivity contribution in [1.29, 1.82) is 0 Å². The summed E-state index contributed by atoms with van der Waals surface area (Å²) in [5.41, 5.74) is 2.21. The quantitative estimate of drug-likeness (QED) is 0.684. The molecule has 1 saturated heterocycles. The third-order valence-electron chi connectivity index (χ3n) is 4.01. The zero-order valence-electron chi connectivity index (χ0n) is 13.9. The average molecular weight is 386 g/mol. The second-order valence-electron chi connectivity index (χ2n) is 5.98. The molecule has 1 aliphatic heterocycles. The second-order valence-corrected chi connectivity index (χ2v) is 6.77. The maximum absolute atomic E-state index is 11.8. The minimum atomic E-state index is -0.0693. The highest BCUT2D eigenvalue weighted by molar-refractivity contribution is 9.10. The highest BCUT2D eigenvalue weighted by Gasteiger charge is 2.13. The number of hydrogen-bond acceptors (Lipinski definition) is 3. The molecular weight excluding hydrogens is 360 g/mol. The van der Waals surface area contributed by atoms with E-state index in [1.54, 1.807) is 4.90 Å². The molecule has 0 bridgehead atoms. The first-order valence-corrected chi connectivity index (χ1v) is 8.93. The number of ether oxygens (including phenoxy) is 2. The Morgan fingerprint density at radius 3 is 2.61 bits per heavy atom. The SMILES string of the molecule is Cc1cc(OCC(=O)NCCC[NH+]2CCOCC2)cc(C)c1Br. The normalized spacial score (nSPS) is 15.4. The van der Waals surface area contributed by atoms with Crippen LogP contribution in [0.25, 0.3) is 0 Å². The molecule has 128 valence electrons. The lowest BCUT2D eigenvalue weighted by molar-refractivity contribution is -0.908. The molecule has 0 unspecified atom stereocenters. The summed E-state index contributed by atoms with van der Waals surface area (Å²) in [5, 5.41) is 2.92. The fraction of sp³-hybridized carbons (Fsp3) is 0.588. The molecule has 5 nitrogen and oxygen atoms in total. The number of nitrogens with one attached hydrogen (secondary N) is 2. The van der Waals surface area contributed by atoms with Crippen LogP contribution in [0.5, 0.6) is 5.75 Å². The first kappa shape index (κ1) is 18.2. The Bertz CT molecular complexity index is 508. The number of quaternary nitrogens is 1. The van der Waals surface area contributed by atoms with Gasteiger partial charge in [0.15, 0.2) is 6.61 Å². The molecule has 0 saturated carbocycles. The predicted molar refractivity (Wildman–Crippen MR) is 93.1 cm³/mol. The number of rotatable bonds is 7. The fourth-order valence-corrected chi connectivity index (χ4v) is 2.89. The summed E-state index contributed by atoms with van der Waals surface area (Å²) in [6, 6.07) is 3.87. The van der Waals surface area contributed by atoms with Gasteiger partial charge in [0.25, 0.3) is 5.91 Å². The molecule has 0 aliphatic carbocycles. The molecule has 1 heterocycles. The van der Waals surface area contributed by atoms with Crippen LogP contribution in [0.1, 0.15) is 17.5 Å². The number of halogens is 1. The number of benzene rings is 1. The van der Waals surface area contributed by atoms with Gasteiger partial charge in [-0.15, -0.1) is 0 Å². The summed E-state index contributed by atoms with van der Waals surface area (Å²) in [5.74, 6) is 0.663. The van der Waals surface area contributed by atoms with E-state index in [2.05, 4.69) is 21.2 Å². The Morgan fingerprint density at radius 1 is 1.30 bits per heavy atom. The Morgan fingerprint density at radius 2 is 1.96 bits per heavy atom. The van der Waals surface area contributed by atoms with E-state index in [1.807, 2.05) is 26.0 Å². The fourth-order valence-electron chi connectivity index (χ4n) is 2.67. The Labute approximate surface area is 146 Å². The molecule has 1 aromatic rings. The number of morpholine rings is 1. The van der Waals surface area contributed by atoms with Crippen LogP contribution in [0.4, 0.5) is 0 Å². The third kappa shape index (κ3) is 6.12. The van der Waals surface area contributed by atoms with Crippen molar-refractivity contribution in [3.05, 3.63) is 27.7 Å². The molecule has 0 aromatic heterocycles. The van der Waals surface area contributed by atoms with E-state index in [4.69, 9.17) is 9.47 Å². The zero-order valence-corrected chi connectivity index (χ0v) is 15.5. The van der Waals surface area contributed by atoms with Crippen molar-refractivity contribution >= 4 is 21.8 Å². The van der Waals surface area contributed by atoms with Gasteiger partial charge < -0.3 is 19.7 Å². The van der Waals surface area contributed by atoms with Gasteiger partial charge in [-0.2, -0.15) is 0 Å². The Kier molecular flexibility index (Phi) is 7.33. The first-order valence-electron chi connectivity index (χ1n) is 8.14. The average Bonchev–Trinajstić information content (AvgIpc) is 2.55. The molecule has 6 heteroatoms. The molecule has 2 N–H and O–H groups in total. The van der Waals surface area contributed by atoms with Crippen LogP contribution in [0.15, 0.2) is 16.6 Å². The summed E-state index contributed by atoms with van der Waals surface area (Å²) in [6.07, 6.45) is 0.984. The number of carbonyl (C=O) groups is 1. The molecular formula is C17H26BrN2O3+. The van der Waals surface area contributed by atoms with Crippen molar-refractivity contribution in [3.63, 3.8) is 0 Å². The maximum atomic E-state index is 11.8. The van der Waals surface area contributed by atoms with E-state index >= 15 is 0 Å². The van der Waals surface area contributed by atoms with Gasteiger partial charge in [0, 0.05) is 17.4 Å². The summed E-state index contributed by atoms with van der Waals surface area (Å²) in [6.45, 7) is 9.70. The van der Waals surface area contributed by atoms with Crippen LogP contribution < -0.4 is 15.0 Å². The number of aryl methyl sites for hydroxylation is 2. The van der Waals surface area contributed by atoms with E-state index in [0.29, 0.717) is 6.54 Å². The molecule has 1 amide bonds. The summed E-state index contributed by atoms with van der Waals surface area (Å²) in [7, 11) is 0. The minimum absolute atomic E-state index is 0.0604. The van der Waals surface area contributed by atoms with Crippen molar-refractivity contribution in [2.24, 2.45) is 0 Å². The third-order valence-corrected chi connectivity index (χ3v) is 5.26. The van der Waals surface area contributed by atoms with Crippen LogP contribution in [-0.2, 0) is 9.53 Å². The lowest BCUT2D eigenvalue weighted by Gasteiger charge is -2.23.